The van der Waals surface area contributed by atoms with Crippen molar-refractivity contribution in [2.24, 2.45) is 0 Å². The van der Waals surface area contributed by atoms with Gasteiger partial charge in [0, 0.05) is 17.2 Å². The summed E-state index contributed by atoms with van der Waals surface area (Å²) in [7, 11) is -0.152. The van der Waals surface area contributed by atoms with Crippen LogP contribution >= 0.6 is 0 Å². The molecule has 0 heterocycles. The fourth-order valence-corrected chi connectivity index (χ4v) is 3.97. The lowest BCUT2D eigenvalue weighted by molar-refractivity contribution is -0.145. The Balaban J connectivity index is 1.74. The number of carbonyl (C=O) groups excluding carboxylic acids is 3. The van der Waals surface area contributed by atoms with Gasteiger partial charge >= 0.3 is 12.1 Å². The second kappa shape index (κ2) is 14.0. The number of hydrogen-bond acceptors (Lipinski definition) is 7. The second-order valence-corrected chi connectivity index (χ2v) is 8.67. The van der Waals surface area contributed by atoms with E-state index in [4.69, 9.17) is 9.47 Å². The summed E-state index contributed by atoms with van der Waals surface area (Å²) in [5, 5.41) is 14.9. The Morgan fingerprint density at radius 2 is 1.67 bits per heavy atom. The minimum absolute atomic E-state index is 0.0778. The summed E-state index contributed by atoms with van der Waals surface area (Å²) < 4.78 is 22.1. The van der Waals surface area contributed by atoms with Crippen LogP contribution in [0.15, 0.2) is 65.6 Å². The van der Waals surface area contributed by atoms with E-state index in [2.05, 4.69) is 10.6 Å². The number of hydrogen-bond donors (Lipinski definition) is 3. The lowest BCUT2D eigenvalue weighted by Gasteiger charge is -2.18. The molecule has 0 aliphatic rings. The third kappa shape index (κ3) is 9.84. The van der Waals surface area contributed by atoms with Crippen LogP contribution in [0.3, 0.4) is 0 Å². The molecule has 33 heavy (non-hydrogen) atoms. The quantitative estimate of drug-likeness (QED) is 0.396. The summed E-state index contributed by atoms with van der Waals surface area (Å²) in [6.45, 7) is -0.129. The van der Waals surface area contributed by atoms with E-state index in [1.807, 2.05) is 18.2 Å². The van der Waals surface area contributed by atoms with Crippen molar-refractivity contribution in [1.82, 2.24) is 10.6 Å². The van der Waals surface area contributed by atoms with E-state index in [1.54, 1.807) is 42.5 Å². The highest BCUT2D eigenvalue weighted by atomic mass is 32.2. The Labute approximate surface area is 194 Å². The van der Waals surface area contributed by atoms with Crippen LogP contribution in [-0.2, 0) is 36.5 Å². The van der Waals surface area contributed by atoms with Gasteiger partial charge in [0.05, 0.1) is 30.4 Å². The number of methoxy groups -OCH3 is 1. The van der Waals surface area contributed by atoms with Crippen molar-refractivity contribution < 1.29 is 33.2 Å². The van der Waals surface area contributed by atoms with E-state index >= 15 is 0 Å². The number of amides is 2. The zero-order valence-electron chi connectivity index (χ0n) is 18.3. The number of esters is 1. The maximum atomic E-state index is 12.4. The van der Waals surface area contributed by atoms with Gasteiger partial charge in [0.2, 0.25) is 5.91 Å². The summed E-state index contributed by atoms with van der Waals surface area (Å²) in [6, 6.07) is 16.9. The molecule has 0 fully saturated rings. The molecule has 0 unspecified atom stereocenters. The monoisotopic (exact) mass is 476 g/mol. The highest BCUT2D eigenvalue weighted by Gasteiger charge is 2.24. The first-order chi connectivity index (χ1) is 15.9. The maximum Gasteiger partial charge on any atom is 0.407 e. The summed E-state index contributed by atoms with van der Waals surface area (Å²) in [5.74, 6) is -1.14. The number of carbonyl (C=O) groups is 3. The largest absolute Gasteiger partial charge is 0.467 e. The van der Waals surface area contributed by atoms with E-state index in [-0.39, 0.29) is 31.7 Å². The highest BCUT2D eigenvalue weighted by molar-refractivity contribution is 7.85. The predicted molar refractivity (Wildman–Crippen MR) is 122 cm³/mol. The van der Waals surface area contributed by atoms with Gasteiger partial charge in [-0.2, -0.15) is 0 Å². The van der Waals surface area contributed by atoms with Crippen molar-refractivity contribution in [2.45, 2.75) is 36.5 Å². The second-order valence-electron chi connectivity index (χ2n) is 7.10. The third-order valence-electron chi connectivity index (χ3n) is 4.53. The molecule has 3 N–H and O–H groups in total. The summed E-state index contributed by atoms with van der Waals surface area (Å²) in [5.41, 5.74) is 0.814. The van der Waals surface area contributed by atoms with Gasteiger partial charge in [-0.15, -0.1) is 0 Å². The van der Waals surface area contributed by atoms with Crippen LogP contribution in [0.5, 0.6) is 0 Å². The first-order valence-electron chi connectivity index (χ1n) is 10.3. The molecule has 178 valence electrons. The standard InChI is InChI=1S/C23H28N2O7S/c1-31-22(28)20(12-13-33(30)19-10-6-3-7-11-19)25-21(27)14-18(26)15-24-23(29)32-16-17-8-4-2-5-9-17/h2-11,18,20,26H,12-16H2,1H3,(H,24,29)(H,25,27)/t18-,20-,33+/m0/s1. The van der Waals surface area contributed by atoms with Gasteiger partial charge in [0.15, 0.2) is 0 Å². The summed E-state index contributed by atoms with van der Waals surface area (Å²) in [4.78, 5) is 36.6. The lowest BCUT2D eigenvalue weighted by atomic mass is 10.2. The van der Waals surface area contributed by atoms with Crippen LogP contribution in [0.1, 0.15) is 18.4 Å². The molecule has 2 aromatic rings. The molecule has 9 nitrogen and oxygen atoms in total. The molecule has 0 aliphatic heterocycles. The van der Waals surface area contributed by atoms with Crippen molar-refractivity contribution in [3.8, 4) is 0 Å². The first-order valence-corrected chi connectivity index (χ1v) is 11.6. The Bertz CT molecular complexity index is 925. The molecule has 0 radical (unpaired) electrons. The molecule has 0 bridgehead atoms. The minimum Gasteiger partial charge on any atom is -0.467 e. The fraction of sp³-hybridized carbons (Fsp3) is 0.348. The SMILES string of the molecule is COC(=O)[C@H](CC[S@@](=O)c1ccccc1)NC(=O)C[C@H](O)CNC(=O)OCc1ccccc1. The number of ether oxygens (including phenoxy) is 2. The number of nitrogens with one attached hydrogen (secondary N) is 2. The lowest BCUT2D eigenvalue weighted by Crippen LogP contribution is -2.44. The average Bonchev–Trinajstić information content (AvgIpc) is 2.84. The molecule has 2 aromatic carbocycles. The third-order valence-corrected chi connectivity index (χ3v) is 5.94. The van der Waals surface area contributed by atoms with Gasteiger partial charge in [-0.3, -0.25) is 9.00 Å². The number of alkyl carbamates (subject to hydrolysis) is 1. The highest BCUT2D eigenvalue weighted by Crippen LogP contribution is 2.09. The van der Waals surface area contributed by atoms with E-state index in [0.717, 1.165) is 5.56 Å². The first kappa shape index (κ1) is 26.0. The molecular formula is C23H28N2O7S. The molecule has 0 saturated carbocycles. The topological polar surface area (TPSA) is 131 Å². The average molecular weight is 477 g/mol. The Morgan fingerprint density at radius 3 is 2.30 bits per heavy atom. The van der Waals surface area contributed by atoms with Crippen molar-refractivity contribution in [1.29, 1.82) is 0 Å². The van der Waals surface area contributed by atoms with Crippen LogP contribution in [0, 0.1) is 0 Å². The maximum absolute atomic E-state index is 12.4. The molecule has 3 atom stereocenters. The fourth-order valence-electron chi connectivity index (χ4n) is 2.82. The van der Waals surface area contributed by atoms with Crippen LogP contribution in [0.4, 0.5) is 4.79 Å². The van der Waals surface area contributed by atoms with Gasteiger partial charge in [-0.25, -0.2) is 9.59 Å². The van der Waals surface area contributed by atoms with Gasteiger partial charge in [-0.1, -0.05) is 48.5 Å². The predicted octanol–water partition coefficient (Wildman–Crippen LogP) is 1.52. The van der Waals surface area contributed by atoms with Crippen LogP contribution < -0.4 is 10.6 Å². The molecule has 2 rings (SSSR count). The number of aliphatic hydroxyl groups excluding tert-OH is 1. The van der Waals surface area contributed by atoms with Crippen molar-refractivity contribution in [3.63, 3.8) is 0 Å². The van der Waals surface area contributed by atoms with Crippen molar-refractivity contribution >= 4 is 28.8 Å². The van der Waals surface area contributed by atoms with Gasteiger partial charge in [0.25, 0.3) is 0 Å². The van der Waals surface area contributed by atoms with Gasteiger partial charge in [0.1, 0.15) is 12.6 Å². The molecule has 0 saturated heterocycles. The van der Waals surface area contributed by atoms with Gasteiger partial charge in [-0.05, 0) is 24.1 Å². The van der Waals surface area contributed by atoms with E-state index in [0.29, 0.717) is 4.90 Å². The van der Waals surface area contributed by atoms with E-state index in [1.165, 1.54) is 7.11 Å². The molecule has 0 aliphatic carbocycles. The molecule has 0 aromatic heterocycles. The molecule has 10 heteroatoms. The summed E-state index contributed by atoms with van der Waals surface area (Å²) in [6.07, 6.45) is -2.17. The zero-order valence-corrected chi connectivity index (χ0v) is 19.1. The smallest absolute Gasteiger partial charge is 0.407 e. The number of aliphatic hydroxyl groups is 1. The summed E-state index contributed by atoms with van der Waals surface area (Å²) >= 11 is 0. The van der Waals surface area contributed by atoms with Crippen molar-refractivity contribution in [3.05, 3.63) is 66.2 Å². The Morgan fingerprint density at radius 1 is 1.03 bits per heavy atom. The molecular weight excluding hydrogens is 448 g/mol. The van der Waals surface area contributed by atoms with Gasteiger partial charge < -0.3 is 25.2 Å². The van der Waals surface area contributed by atoms with E-state index in [9.17, 15) is 23.7 Å². The Kier molecular flexibility index (Phi) is 11.1. The normalized spacial score (nSPS) is 13.3. The van der Waals surface area contributed by atoms with Crippen molar-refractivity contribution in [2.75, 3.05) is 19.4 Å². The minimum atomic E-state index is -1.34. The van der Waals surface area contributed by atoms with Crippen LogP contribution in [0.25, 0.3) is 0 Å². The molecule has 0 spiro atoms. The number of benzene rings is 2. The van der Waals surface area contributed by atoms with Crippen LogP contribution in [0.2, 0.25) is 0 Å². The van der Waals surface area contributed by atoms with E-state index < -0.39 is 40.9 Å². The Hall–Kier alpha value is -3.24. The molecule has 2 amide bonds. The van der Waals surface area contributed by atoms with Crippen LogP contribution in [-0.4, -0.2) is 58.8 Å². The zero-order chi connectivity index (χ0) is 24.1. The number of rotatable bonds is 12.